The van der Waals surface area contributed by atoms with Crippen molar-refractivity contribution >= 4 is 17.7 Å². The Bertz CT molecular complexity index is 393. The molecule has 0 aliphatic heterocycles. The maximum Gasteiger partial charge on any atom is 0.152 e. The Hall–Kier alpha value is -1.40. The molecule has 0 bridgehead atoms. The highest BCUT2D eigenvalue weighted by Crippen LogP contribution is 2.22. The molecule has 0 saturated heterocycles. The number of benzene rings is 1. The molecule has 0 unspecified atom stereocenters. The molecule has 0 atom stereocenters. The first-order valence-corrected chi connectivity index (χ1v) is 3.74. The van der Waals surface area contributed by atoms with Crippen LogP contribution in [0.4, 0.5) is 8.78 Å². The van der Waals surface area contributed by atoms with Crippen molar-refractivity contribution in [3.8, 4) is 6.07 Å². The van der Waals surface area contributed by atoms with Crippen LogP contribution in [0.15, 0.2) is 18.2 Å². The molecule has 0 aromatic heterocycles. The van der Waals surface area contributed by atoms with Gasteiger partial charge in [0, 0.05) is 11.6 Å². The third kappa shape index (κ3) is 2.04. The maximum absolute atomic E-state index is 13.1. The number of halogens is 3. The van der Waals surface area contributed by atoms with Crippen LogP contribution < -0.4 is 0 Å². The molecule has 0 saturated carbocycles. The number of nitriles is 1. The van der Waals surface area contributed by atoms with Gasteiger partial charge < -0.3 is 0 Å². The van der Waals surface area contributed by atoms with Crippen molar-refractivity contribution in [2.75, 3.05) is 0 Å². The molecule has 0 N–H and O–H groups in total. The predicted octanol–water partition coefficient (Wildman–Crippen LogP) is 3.15. The molecule has 1 rings (SSSR count). The fraction of sp³-hybridized carbons (Fsp3) is 0. The lowest BCUT2D eigenvalue weighted by Gasteiger charge is -1.99. The van der Waals surface area contributed by atoms with Gasteiger partial charge in [0.1, 0.15) is 10.8 Å². The summed E-state index contributed by atoms with van der Waals surface area (Å²) in [6.45, 7) is 0. The van der Waals surface area contributed by atoms with Gasteiger partial charge in [0.25, 0.3) is 0 Å². The number of hydrogen-bond acceptors (Lipinski definition) is 1. The Morgan fingerprint density at radius 3 is 2.69 bits per heavy atom. The Morgan fingerprint density at radius 2 is 2.08 bits per heavy atom. The smallest absolute Gasteiger partial charge is 0.152 e. The minimum atomic E-state index is -0.854. The molecule has 0 amide bonds. The van der Waals surface area contributed by atoms with E-state index in [9.17, 15) is 8.78 Å². The van der Waals surface area contributed by atoms with Crippen molar-refractivity contribution in [1.82, 2.24) is 0 Å². The standard InChI is InChI=1S/C9H4ClF2N/c10-8-7(11)4-3-6(9(8)12)2-1-5-13/h1-4H. The average molecular weight is 200 g/mol. The van der Waals surface area contributed by atoms with Crippen molar-refractivity contribution in [3.05, 3.63) is 40.4 Å². The summed E-state index contributed by atoms with van der Waals surface area (Å²) < 4.78 is 25.7. The minimum absolute atomic E-state index is 0.0907. The molecule has 1 aromatic rings. The molecule has 1 aromatic carbocycles. The summed E-state index contributed by atoms with van der Waals surface area (Å²) in [6, 6.07) is 3.95. The van der Waals surface area contributed by atoms with Gasteiger partial charge in [-0.2, -0.15) is 5.26 Å². The molecule has 1 nitrogen and oxygen atoms in total. The zero-order valence-electron chi connectivity index (χ0n) is 6.39. The van der Waals surface area contributed by atoms with Gasteiger partial charge in [-0.05, 0) is 18.2 Å². The zero-order chi connectivity index (χ0) is 9.84. The second-order valence-corrected chi connectivity index (χ2v) is 2.60. The van der Waals surface area contributed by atoms with Gasteiger partial charge in [0.05, 0.1) is 6.07 Å². The molecule has 0 aliphatic carbocycles. The number of nitrogens with zero attached hydrogens (tertiary/aromatic N) is 1. The Kier molecular flexibility index (Phi) is 2.99. The number of hydrogen-bond donors (Lipinski definition) is 0. The summed E-state index contributed by atoms with van der Waals surface area (Å²) in [5.74, 6) is -1.67. The van der Waals surface area contributed by atoms with Crippen LogP contribution >= 0.6 is 11.6 Å². The lowest BCUT2D eigenvalue weighted by atomic mass is 10.2. The molecule has 0 aliphatic rings. The van der Waals surface area contributed by atoms with E-state index in [0.717, 1.165) is 12.1 Å². The van der Waals surface area contributed by atoms with Crippen LogP contribution in [0.2, 0.25) is 5.02 Å². The van der Waals surface area contributed by atoms with Crippen molar-refractivity contribution in [2.45, 2.75) is 0 Å². The molecule has 0 heterocycles. The first-order valence-electron chi connectivity index (χ1n) is 3.36. The van der Waals surface area contributed by atoms with Crippen molar-refractivity contribution in [2.24, 2.45) is 0 Å². The van der Waals surface area contributed by atoms with Crippen LogP contribution in [0.25, 0.3) is 6.08 Å². The Morgan fingerprint density at radius 1 is 1.38 bits per heavy atom. The second-order valence-electron chi connectivity index (χ2n) is 2.23. The summed E-state index contributed by atoms with van der Waals surface area (Å²) in [5.41, 5.74) is 0.0907. The van der Waals surface area contributed by atoms with Crippen LogP contribution in [0.1, 0.15) is 5.56 Å². The maximum atomic E-state index is 13.1. The lowest BCUT2D eigenvalue weighted by Crippen LogP contribution is -1.87. The Balaban J connectivity index is 3.20. The molecule has 0 spiro atoms. The molecule has 13 heavy (non-hydrogen) atoms. The molecule has 0 fully saturated rings. The van der Waals surface area contributed by atoms with Gasteiger partial charge in [-0.1, -0.05) is 11.6 Å². The van der Waals surface area contributed by atoms with E-state index in [1.54, 1.807) is 6.07 Å². The van der Waals surface area contributed by atoms with Crippen molar-refractivity contribution in [3.63, 3.8) is 0 Å². The quantitative estimate of drug-likeness (QED) is 0.504. The van der Waals surface area contributed by atoms with E-state index in [2.05, 4.69) is 0 Å². The van der Waals surface area contributed by atoms with Gasteiger partial charge in [-0.3, -0.25) is 0 Å². The van der Waals surface area contributed by atoms with E-state index in [4.69, 9.17) is 16.9 Å². The molecule has 66 valence electrons. The van der Waals surface area contributed by atoms with Gasteiger partial charge in [-0.15, -0.1) is 0 Å². The lowest BCUT2D eigenvalue weighted by molar-refractivity contribution is 0.582. The molecular formula is C9H4ClF2N. The summed E-state index contributed by atoms with van der Waals surface area (Å²) in [4.78, 5) is 0. The molecule has 4 heteroatoms. The third-order valence-corrected chi connectivity index (χ3v) is 1.75. The molecular weight excluding hydrogens is 196 g/mol. The summed E-state index contributed by atoms with van der Waals surface area (Å²) in [7, 11) is 0. The third-order valence-electron chi connectivity index (χ3n) is 1.40. The van der Waals surface area contributed by atoms with Crippen LogP contribution in [0.5, 0.6) is 0 Å². The van der Waals surface area contributed by atoms with E-state index in [1.165, 1.54) is 12.1 Å². The first kappa shape index (κ1) is 9.69. The van der Waals surface area contributed by atoms with Gasteiger partial charge >= 0.3 is 0 Å². The summed E-state index contributed by atoms with van der Waals surface area (Å²) >= 11 is 5.29. The van der Waals surface area contributed by atoms with Crippen LogP contribution in [0.3, 0.4) is 0 Å². The molecule has 0 radical (unpaired) electrons. The van der Waals surface area contributed by atoms with E-state index >= 15 is 0 Å². The fourth-order valence-corrected chi connectivity index (χ4v) is 0.969. The van der Waals surface area contributed by atoms with Crippen LogP contribution in [-0.2, 0) is 0 Å². The van der Waals surface area contributed by atoms with Gasteiger partial charge in [0.15, 0.2) is 5.82 Å². The number of allylic oxidation sites excluding steroid dienone is 1. The van der Waals surface area contributed by atoms with E-state index in [0.29, 0.717) is 0 Å². The highest BCUT2D eigenvalue weighted by Gasteiger charge is 2.08. The predicted molar refractivity (Wildman–Crippen MR) is 46.0 cm³/mol. The van der Waals surface area contributed by atoms with Gasteiger partial charge in [0.2, 0.25) is 0 Å². The van der Waals surface area contributed by atoms with Gasteiger partial charge in [-0.25, -0.2) is 8.78 Å². The highest BCUT2D eigenvalue weighted by molar-refractivity contribution is 6.31. The fourth-order valence-electron chi connectivity index (χ4n) is 0.797. The Labute approximate surface area is 78.9 Å². The highest BCUT2D eigenvalue weighted by atomic mass is 35.5. The summed E-state index contributed by atoms with van der Waals surface area (Å²) in [6.07, 6.45) is 2.31. The monoisotopic (exact) mass is 199 g/mol. The normalized spacial score (nSPS) is 10.3. The van der Waals surface area contributed by atoms with E-state index < -0.39 is 16.7 Å². The van der Waals surface area contributed by atoms with E-state index in [-0.39, 0.29) is 5.56 Å². The van der Waals surface area contributed by atoms with Crippen molar-refractivity contribution < 1.29 is 8.78 Å². The second kappa shape index (κ2) is 4.01. The largest absolute Gasteiger partial charge is 0.205 e. The minimum Gasteiger partial charge on any atom is -0.205 e. The van der Waals surface area contributed by atoms with E-state index in [1.807, 2.05) is 0 Å². The first-order chi connectivity index (χ1) is 6.16. The summed E-state index contributed by atoms with van der Waals surface area (Å²) in [5, 5.41) is 7.62. The topological polar surface area (TPSA) is 23.8 Å². The SMILES string of the molecule is N#CC=Cc1ccc(F)c(Cl)c1F. The van der Waals surface area contributed by atoms with Crippen molar-refractivity contribution in [1.29, 1.82) is 5.26 Å². The van der Waals surface area contributed by atoms with Crippen LogP contribution in [-0.4, -0.2) is 0 Å². The van der Waals surface area contributed by atoms with Crippen LogP contribution in [0, 0.1) is 23.0 Å². The number of rotatable bonds is 1. The average Bonchev–Trinajstić information content (AvgIpc) is 2.13. The zero-order valence-corrected chi connectivity index (χ0v) is 7.15.